The fourth-order valence-electron chi connectivity index (χ4n) is 3.96. The van der Waals surface area contributed by atoms with Crippen molar-refractivity contribution >= 4 is 46.3 Å². The molecule has 1 aliphatic heterocycles. The molecule has 1 saturated heterocycles. The molecule has 1 aromatic heterocycles. The first-order valence-electron chi connectivity index (χ1n) is 11.9. The quantitative estimate of drug-likeness (QED) is 0.158. The van der Waals surface area contributed by atoms with Crippen LogP contribution in [0.1, 0.15) is 46.4 Å². The Bertz CT molecular complexity index is 1280. The summed E-state index contributed by atoms with van der Waals surface area (Å²) in [7, 11) is 0. The van der Waals surface area contributed by atoms with E-state index in [1.807, 2.05) is 55.6 Å². The van der Waals surface area contributed by atoms with Crippen molar-refractivity contribution in [3.63, 3.8) is 0 Å². The zero-order chi connectivity index (χ0) is 26.4. The SMILES string of the molecule is CC(=O)O/N=C(/C(=O)c1ccc(Sc2ccc(C(=O)C(C)(C)N3CCOCC3)cc2)cc1)c1cccs1. The monoisotopic (exact) mass is 536 g/mol. The molecule has 1 fully saturated rings. The van der Waals surface area contributed by atoms with Crippen molar-refractivity contribution in [1.82, 2.24) is 4.90 Å². The summed E-state index contributed by atoms with van der Waals surface area (Å²) in [6, 6.07) is 18.3. The first-order valence-corrected chi connectivity index (χ1v) is 13.5. The predicted octanol–water partition coefficient (Wildman–Crippen LogP) is 5.34. The van der Waals surface area contributed by atoms with Crippen LogP contribution in [0.4, 0.5) is 0 Å². The molecule has 2 heterocycles. The maximum absolute atomic E-state index is 13.2. The van der Waals surface area contributed by atoms with Crippen LogP contribution in [0.15, 0.2) is 81.0 Å². The summed E-state index contributed by atoms with van der Waals surface area (Å²) in [5.41, 5.74) is 0.609. The van der Waals surface area contributed by atoms with Crippen molar-refractivity contribution in [1.29, 1.82) is 0 Å². The zero-order valence-corrected chi connectivity index (χ0v) is 22.6. The number of carbonyl (C=O) groups excluding carboxylic acids is 3. The molecule has 0 amide bonds. The van der Waals surface area contributed by atoms with E-state index in [9.17, 15) is 14.4 Å². The van der Waals surface area contributed by atoms with Crippen molar-refractivity contribution in [2.24, 2.45) is 5.16 Å². The lowest BCUT2D eigenvalue weighted by atomic mass is 9.91. The molecule has 37 heavy (non-hydrogen) atoms. The third-order valence-electron chi connectivity index (χ3n) is 6.06. The Morgan fingerprint density at radius 3 is 2.08 bits per heavy atom. The molecule has 0 radical (unpaired) electrons. The maximum Gasteiger partial charge on any atom is 0.332 e. The minimum Gasteiger partial charge on any atom is -0.379 e. The Morgan fingerprint density at radius 2 is 1.54 bits per heavy atom. The summed E-state index contributed by atoms with van der Waals surface area (Å²) in [5, 5.41) is 5.62. The van der Waals surface area contributed by atoms with Gasteiger partial charge in [0.2, 0.25) is 5.78 Å². The fraction of sp³-hybridized carbons (Fsp3) is 0.286. The van der Waals surface area contributed by atoms with Crippen molar-refractivity contribution in [3.8, 4) is 0 Å². The van der Waals surface area contributed by atoms with E-state index in [-0.39, 0.29) is 17.3 Å². The summed E-state index contributed by atoms with van der Waals surface area (Å²) in [4.78, 5) is 46.9. The average Bonchev–Trinajstić information content (AvgIpc) is 3.44. The molecule has 0 N–H and O–H groups in total. The molecule has 0 saturated carbocycles. The molecular formula is C28H28N2O5S2. The van der Waals surface area contributed by atoms with Crippen molar-refractivity contribution in [3.05, 3.63) is 82.0 Å². The largest absolute Gasteiger partial charge is 0.379 e. The Morgan fingerprint density at radius 1 is 0.946 bits per heavy atom. The van der Waals surface area contributed by atoms with Gasteiger partial charge in [-0.1, -0.05) is 35.1 Å². The number of carbonyl (C=O) groups is 3. The Kier molecular flexibility index (Phi) is 8.71. The highest BCUT2D eigenvalue weighted by molar-refractivity contribution is 7.99. The second kappa shape index (κ2) is 12.0. The second-order valence-electron chi connectivity index (χ2n) is 8.97. The highest BCUT2D eigenvalue weighted by Gasteiger charge is 2.35. The lowest BCUT2D eigenvalue weighted by Gasteiger charge is -2.39. The third-order valence-corrected chi connectivity index (χ3v) is 7.95. The van der Waals surface area contributed by atoms with E-state index < -0.39 is 11.5 Å². The molecule has 2 aromatic carbocycles. The number of rotatable bonds is 9. The number of Topliss-reactive ketones (excluding diaryl/α,β-unsaturated/α-hetero) is 2. The lowest BCUT2D eigenvalue weighted by Crippen LogP contribution is -2.54. The van der Waals surface area contributed by atoms with Crippen molar-refractivity contribution in [2.45, 2.75) is 36.1 Å². The van der Waals surface area contributed by atoms with Gasteiger partial charge in [-0.25, -0.2) is 4.79 Å². The van der Waals surface area contributed by atoms with Gasteiger partial charge >= 0.3 is 5.97 Å². The van der Waals surface area contributed by atoms with Crippen LogP contribution in [0.3, 0.4) is 0 Å². The predicted molar refractivity (Wildman–Crippen MR) is 145 cm³/mol. The number of morpholine rings is 1. The molecule has 192 valence electrons. The van der Waals surface area contributed by atoms with Gasteiger partial charge in [0.25, 0.3) is 0 Å². The molecule has 0 atom stereocenters. The standard InChI is InChI=1S/C28H28N2O5S2/c1-19(31)35-29-25(24-5-4-18-36-24)26(32)20-6-10-22(11-7-20)37-23-12-8-21(9-13-23)27(33)28(2,3)30-14-16-34-17-15-30/h4-13,18H,14-17H2,1-3H3/b29-25+. The van der Waals surface area contributed by atoms with E-state index in [4.69, 9.17) is 9.57 Å². The minimum atomic E-state index is -0.596. The number of hydrogen-bond donors (Lipinski definition) is 0. The summed E-state index contributed by atoms with van der Waals surface area (Å²) in [6.45, 7) is 7.95. The van der Waals surface area contributed by atoms with Gasteiger partial charge in [-0.3, -0.25) is 14.5 Å². The number of oxime groups is 1. The molecule has 0 unspecified atom stereocenters. The minimum absolute atomic E-state index is 0.0887. The summed E-state index contributed by atoms with van der Waals surface area (Å²) in [6.07, 6.45) is 0. The Balaban J connectivity index is 1.43. The summed E-state index contributed by atoms with van der Waals surface area (Å²) < 4.78 is 5.42. The molecule has 9 heteroatoms. The second-order valence-corrected chi connectivity index (χ2v) is 11.1. The molecule has 0 spiro atoms. The number of hydrogen-bond acceptors (Lipinski definition) is 9. The average molecular weight is 537 g/mol. The van der Waals surface area contributed by atoms with Crippen molar-refractivity contribution in [2.75, 3.05) is 26.3 Å². The van der Waals surface area contributed by atoms with Gasteiger partial charge in [-0.15, -0.1) is 11.3 Å². The maximum atomic E-state index is 13.2. The van der Waals surface area contributed by atoms with Crippen LogP contribution >= 0.6 is 23.1 Å². The number of thiophene rings is 1. The molecule has 7 nitrogen and oxygen atoms in total. The van der Waals surface area contributed by atoms with Crippen LogP contribution < -0.4 is 0 Å². The van der Waals surface area contributed by atoms with Gasteiger partial charge < -0.3 is 9.57 Å². The van der Waals surface area contributed by atoms with Crippen molar-refractivity contribution < 1.29 is 24.0 Å². The molecule has 0 bridgehead atoms. The van der Waals surface area contributed by atoms with E-state index >= 15 is 0 Å². The van der Waals surface area contributed by atoms with Gasteiger partial charge in [0.05, 0.1) is 23.6 Å². The van der Waals surface area contributed by atoms with E-state index in [0.717, 1.165) is 22.9 Å². The van der Waals surface area contributed by atoms with Crippen LogP contribution in [-0.2, 0) is 14.4 Å². The van der Waals surface area contributed by atoms with Gasteiger partial charge in [0, 0.05) is 40.9 Å². The topological polar surface area (TPSA) is 85.3 Å². The highest BCUT2D eigenvalue weighted by Crippen LogP contribution is 2.30. The number of ether oxygens (including phenoxy) is 1. The van der Waals surface area contributed by atoms with E-state index in [1.54, 1.807) is 24.3 Å². The molecule has 1 aliphatic rings. The first kappa shape index (κ1) is 26.9. The summed E-state index contributed by atoms with van der Waals surface area (Å²) >= 11 is 2.88. The first-order chi connectivity index (χ1) is 17.8. The lowest BCUT2D eigenvalue weighted by molar-refractivity contribution is -0.140. The van der Waals surface area contributed by atoms with Crippen LogP contribution in [0.2, 0.25) is 0 Å². The molecular weight excluding hydrogens is 508 g/mol. The zero-order valence-electron chi connectivity index (χ0n) is 20.9. The van der Waals surface area contributed by atoms with Gasteiger partial charge in [-0.05, 0) is 61.7 Å². The molecule has 4 rings (SSSR count). The molecule has 3 aromatic rings. The Hall–Kier alpha value is -3.11. The van der Waals surface area contributed by atoms with Gasteiger partial charge in [0.15, 0.2) is 11.5 Å². The number of benzene rings is 2. The summed E-state index contributed by atoms with van der Waals surface area (Å²) in [5.74, 6) is -0.831. The van der Waals surface area contributed by atoms with Crippen LogP contribution in [0.25, 0.3) is 0 Å². The van der Waals surface area contributed by atoms with Crippen LogP contribution in [-0.4, -0.2) is 60.0 Å². The normalized spacial score (nSPS) is 14.8. The fourth-order valence-corrected chi connectivity index (χ4v) is 5.48. The van der Waals surface area contributed by atoms with E-state index in [2.05, 4.69) is 10.1 Å². The van der Waals surface area contributed by atoms with E-state index in [1.165, 1.54) is 30.0 Å². The van der Waals surface area contributed by atoms with Gasteiger partial charge in [0.1, 0.15) is 0 Å². The molecule has 0 aliphatic carbocycles. The number of ketones is 2. The van der Waals surface area contributed by atoms with Crippen LogP contribution in [0, 0.1) is 0 Å². The van der Waals surface area contributed by atoms with E-state index in [0.29, 0.717) is 29.2 Å². The highest BCUT2D eigenvalue weighted by atomic mass is 32.2. The third kappa shape index (κ3) is 6.61. The van der Waals surface area contributed by atoms with Gasteiger partial charge in [-0.2, -0.15) is 0 Å². The number of nitrogens with zero attached hydrogens (tertiary/aromatic N) is 2. The van der Waals surface area contributed by atoms with Crippen LogP contribution in [0.5, 0.6) is 0 Å². The smallest absolute Gasteiger partial charge is 0.332 e. The Labute approximate surface area is 224 Å².